The molecule has 0 saturated heterocycles. The minimum Gasteiger partial charge on any atom is -0.756 e. The zero-order chi connectivity index (χ0) is 30.8. The Balaban J connectivity index is 4.72. The van der Waals surface area contributed by atoms with Crippen LogP contribution in [0.1, 0.15) is 123 Å². The Kier molecular flexibility index (Phi) is 24.8. The average Bonchev–Trinajstić information content (AvgIpc) is 2.90. The summed E-state index contributed by atoms with van der Waals surface area (Å²) in [5.74, 6) is -0.216. The number of allylic oxidation sites excluding steroid dienone is 3. The second-order valence-electron chi connectivity index (χ2n) is 12.2. The summed E-state index contributed by atoms with van der Waals surface area (Å²) in [6, 6.07) is -0.893. The standard InChI is InChI=1S/C32H63N2O6P/c1-6-8-10-12-14-16-18-19-21-23-25-31(35)30(29-40-41(37,38)39-28-27-34(3,4)5)33-32(36)26-24-22-20-17-15-13-11-9-7-2/h16,18,23,25,30-31,35H,6-15,17,19-22,24,26-29H2,1-5H3,(H-,33,36,37,38)/b18-16+,25-23+/t30-,31+/m0/s1. The van der Waals surface area contributed by atoms with Crippen LogP contribution in [0.3, 0.4) is 0 Å². The molecule has 1 amide bonds. The van der Waals surface area contributed by atoms with Crippen molar-refractivity contribution < 1.29 is 32.9 Å². The number of amides is 1. The van der Waals surface area contributed by atoms with Crippen molar-refractivity contribution in [3.8, 4) is 0 Å². The number of rotatable bonds is 28. The lowest BCUT2D eigenvalue weighted by Crippen LogP contribution is -2.45. The van der Waals surface area contributed by atoms with Crippen LogP contribution < -0.4 is 10.2 Å². The molecule has 9 heteroatoms. The van der Waals surface area contributed by atoms with Crippen molar-refractivity contribution in [3.05, 3.63) is 24.3 Å². The summed E-state index contributed by atoms with van der Waals surface area (Å²) in [6.45, 7) is 4.52. The zero-order valence-electron chi connectivity index (χ0n) is 27.0. The van der Waals surface area contributed by atoms with Crippen LogP contribution in [0, 0.1) is 0 Å². The minimum absolute atomic E-state index is 0.00547. The molecule has 0 aromatic rings. The van der Waals surface area contributed by atoms with E-state index in [1.165, 1.54) is 64.2 Å². The summed E-state index contributed by atoms with van der Waals surface area (Å²) >= 11 is 0. The largest absolute Gasteiger partial charge is 0.756 e. The van der Waals surface area contributed by atoms with Crippen LogP contribution in [-0.4, -0.2) is 68.5 Å². The van der Waals surface area contributed by atoms with E-state index in [0.29, 0.717) is 17.4 Å². The molecule has 2 N–H and O–H groups in total. The smallest absolute Gasteiger partial charge is 0.268 e. The molecule has 0 aliphatic rings. The predicted octanol–water partition coefficient (Wildman–Crippen LogP) is 6.82. The number of carbonyl (C=O) groups is 1. The summed E-state index contributed by atoms with van der Waals surface area (Å²) in [5.41, 5.74) is 0. The number of hydrogen-bond acceptors (Lipinski definition) is 6. The number of carbonyl (C=O) groups excluding carboxylic acids is 1. The Bertz CT molecular complexity index is 738. The van der Waals surface area contributed by atoms with Gasteiger partial charge in [-0.1, -0.05) is 109 Å². The van der Waals surface area contributed by atoms with E-state index in [1.807, 2.05) is 27.2 Å². The molecular weight excluding hydrogens is 539 g/mol. The summed E-state index contributed by atoms with van der Waals surface area (Å²) in [5, 5.41) is 13.5. The highest BCUT2D eigenvalue weighted by Gasteiger charge is 2.23. The summed E-state index contributed by atoms with van der Waals surface area (Å²) in [4.78, 5) is 24.9. The van der Waals surface area contributed by atoms with Gasteiger partial charge in [-0.15, -0.1) is 0 Å². The van der Waals surface area contributed by atoms with Crippen molar-refractivity contribution in [2.45, 2.75) is 135 Å². The zero-order valence-corrected chi connectivity index (χ0v) is 27.9. The first-order chi connectivity index (χ1) is 19.5. The Morgan fingerprint density at radius 3 is 1.98 bits per heavy atom. The van der Waals surface area contributed by atoms with Gasteiger partial charge in [0.2, 0.25) is 5.91 Å². The van der Waals surface area contributed by atoms with E-state index in [-0.39, 0.29) is 12.5 Å². The van der Waals surface area contributed by atoms with Crippen molar-refractivity contribution in [1.29, 1.82) is 0 Å². The molecule has 0 radical (unpaired) electrons. The molecule has 1 unspecified atom stereocenters. The van der Waals surface area contributed by atoms with E-state index in [4.69, 9.17) is 9.05 Å². The van der Waals surface area contributed by atoms with Crippen LogP contribution in [0.15, 0.2) is 24.3 Å². The maximum absolute atomic E-state index is 12.6. The summed E-state index contributed by atoms with van der Waals surface area (Å²) in [7, 11) is 1.24. The summed E-state index contributed by atoms with van der Waals surface area (Å²) in [6.07, 6.45) is 25.2. The van der Waals surface area contributed by atoms with E-state index < -0.39 is 26.6 Å². The highest BCUT2D eigenvalue weighted by atomic mass is 31.2. The number of unbranched alkanes of at least 4 members (excludes halogenated alkanes) is 13. The number of phosphoric acid groups is 1. The number of phosphoric ester groups is 1. The van der Waals surface area contributed by atoms with Crippen molar-refractivity contribution in [1.82, 2.24) is 5.32 Å². The van der Waals surface area contributed by atoms with E-state index in [2.05, 4.69) is 31.3 Å². The minimum atomic E-state index is -4.57. The molecule has 0 rings (SSSR count). The maximum atomic E-state index is 12.6. The number of quaternary nitrogens is 1. The van der Waals surface area contributed by atoms with Crippen LogP contribution in [-0.2, 0) is 18.4 Å². The number of nitrogens with zero attached hydrogens (tertiary/aromatic N) is 1. The topological polar surface area (TPSA) is 108 Å². The monoisotopic (exact) mass is 602 g/mol. The first-order valence-corrected chi connectivity index (χ1v) is 17.7. The van der Waals surface area contributed by atoms with Gasteiger partial charge in [0.1, 0.15) is 13.2 Å². The molecule has 0 heterocycles. The van der Waals surface area contributed by atoms with Crippen molar-refractivity contribution >= 4 is 13.7 Å². The lowest BCUT2D eigenvalue weighted by molar-refractivity contribution is -0.870. The lowest BCUT2D eigenvalue weighted by atomic mass is 10.1. The molecule has 0 bridgehead atoms. The number of likely N-dealkylation sites (N-methyl/N-ethyl adjacent to an activating group) is 1. The fourth-order valence-electron chi connectivity index (χ4n) is 4.22. The summed E-state index contributed by atoms with van der Waals surface area (Å²) < 4.78 is 22.9. The van der Waals surface area contributed by atoms with Crippen molar-refractivity contribution in [3.63, 3.8) is 0 Å². The van der Waals surface area contributed by atoms with E-state index in [1.54, 1.807) is 6.08 Å². The molecule has 0 fully saturated rings. The average molecular weight is 603 g/mol. The normalized spacial score (nSPS) is 15.4. The first-order valence-electron chi connectivity index (χ1n) is 16.2. The maximum Gasteiger partial charge on any atom is 0.268 e. The number of aliphatic hydroxyl groups is 1. The molecule has 0 spiro atoms. The third-order valence-electron chi connectivity index (χ3n) is 6.91. The first kappa shape index (κ1) is 40.0. The van der Waals surface area contributed by atoms with Crippen molar-refractivity contribution in [2.75, 3.05) is 40.9 Å². The predicted molar refractivity (Wildman–Crippen MR) is 168 cm³/mol. The van der Waals surface area contributed by atoms with Crippen LogP contribution >= 0.6 is 7.82 Å². The number of hydrogen-bond donors (Lipinski definition) is 2. The van der Waals surface area contributed by atoms with Crippen LogP contribution in [0.25, 0.3) is 0 Å². The van der Waals surface area contributed by atoms with Gasteiger partial charge in [0.05, 0.1) is 39.9 Å². The van der Waals surface area contributed by atoms with Crippen molar-refractivity contribution in [2.24, 2.45) is 0 Å². The molecule has 0 saturated carbocycles. The second kappa shape index (κ2) is 25.5. The highest BCUT2D eigenvalue weighted by Crippen LogP contribution is 2.38. The van der Waals surface area contributed by atoms with Crippen LogP contribution in [0.5, 0.6) is 0 Å². The van der Waals surface area contributed by atoms with E-state index >= 15 is 0 Å². The number of aliphatic hydroxyl groups excluding tert-OH is 1. The highest BCUT2D eigenvalue weighted by molar-refractivity contribution is 7.45. The van der Waals surface area contributed by atoms with Gasteiger partial charge in [-0.2, -0.15) is 0 Å². The van der Waals surface area contributed by atoms with E-state index in [0.717, 1.165) is 38.5 Å². The molecule has 41 heavy (non-hydrogen) atoms. The SMILES string of the molecule is CCCCCC/C=C/CC/C=C/[C@@H](O)[C@H](COP(=O)([O-])OCC[N+](C)(C)C)NC(=O)CCCCCCCCCCC. The van der Waals surface area contributed by atoms with Gasteiger partial charge in [0.15, 0.2) is 0 Å². The third-order valence-corrected chi connectivity index (χ3v) is 7.88. The van der Waals surface area contributed by atoms with Gasteiger partial charge in [-0.05, 0) is 32.1 Å². The Morgan fingerprint density at radius 2 is 1.37 bits per heavy atom. The van der Waals surface area contributed by atoms with Gasteiger partial charge in [-0.3, -0.25) is 9.36 Å². The fraction of sp³-hybridized carbons (Fsp3) is 0.844. The van der Waals surface area contributed by atoms with Crippen LogP contribution in [0.2, 0.25) is 0 Å². The molecule has 8 nitrogen and oxygen atoms in total. The number of nitrogens with one attached hydrogen (secondary N) is 1. The molecule has 3 atom stereocenters. The van der Waals surface area contributed by atoms with Gasteiger partial charge < -0.3 is 28.8 Å². The Hall–Kier alpha value is -1.02. The molecule has 0 aliphatic carbocycles. The van der Waals surface area contributed by atoms with Gasteiger partial charge in [-0.25, -0.2) is 0 Å². The van der Waals surface area contributed by atoms with Gasteiger partial charge >= 0.3 is 0 Å². The second-order valence-corrected chi connectivity index (χ2v) is 13.6. The van der Waals surface area contributed by atoms with Gasteiger partial charge in [0.25, 0.3) is 7.82 Å². The molecule has 242 valence electrons. The molecular formula is C32H63N2O6P. The quantitative estimate of drug-likeness (QED) is 0.0440. The molecule has 0 aromatic heterocycles. The van der Waals surface area contributed by atoms with E-state index in [9.17, 15) is 19.4 Å². The molecule has 0 aromatic carbocycles. The fourth-order valence-corrected chi connectivity index (χ4v) is 4.95. The lowest BCUT2D eigenvalue weighted by Gasteiger charge is -2.29. The Labute approximate surface area is 252 Å². The van der Waals surface area contributed by atoms with Crippen LogP contribution in [0.4, 0.5) is 0 Å². The van der Waals surface area contributed by atoms with Gasteiger partial charge in [0, 0.05) is 6.42 Å². The Morgan fingerprint density at radius 1 is 0.829 bits per heavy atom. The molecule has 0 aliphatic heterocycles. The third kappa shape index (κ3) is 27.6.